The van der Waals surface area contributed by atoms with E-state index in [2.05, 4.69) is 12.2 Å². The molecule has 0 aliphatic carbocycles. The van der Waals surface area contributed by atoms with Crippen LogP contribution in [-0.2, 0) is 17.6 Å². The Morgan fingerprint density at radius 1 is 1.20 bits per heavy atom. The molecule has 0 fully saturated rings. The second-order valence-electron chi connectivity index (χ2n) is 6.08. The van der Waals surface area contributed by atoms with Crippen LogP contribution in [0.25, 0.3) is 11.0 Å². The molecule has 1 unspecified atom stereocenters. The highest BCUT2D eigenvalue weighted by Crippen LogP contribution is 2.24. The zero-order valence-corrected chi connectivity index (χ0v) is 14.1. The van der Waals surface area contributed by atoms with E-state index in [1.165, 1.54) is 17.7 Å². The van der Waals surface area contributed by atoms with Gasteiger partial charge in [0.15, 0.2) is 0 Å². The number of fused-ring (bicyclic) bond motifs is 1. The fourth-order valence-corrected chi connectivity index (χ4v) is 2.88. The second kappa shape index (κ2) is 7.05. The Labute approximate surface area is 144 Å². The summed E-state index contributed by atoms with van der Waals surface area (Å²) in [5.41, 5.74) is 2.94. The monoisotopic (exact) mass is 343 g/mol. The lowest BCUT2D eigenvalue weighted by Gasteiger charge is -2.15. The van der Waals surface area contributed by atoms with E-state index in [9.17, 15) is 13.6 Å². The van der Waals surface area contributed by atoms with E-state index in [4.69, 9.17) is 4.42 Å². The van der Waals surface area contributed by atoms with E-state index < -0.39 is 17.7 Å². The molecular weight excluding hydrogens is 324 g/mol. The fourth-order valence-electron chi connectivity index (χ4n) is 2.88. The van der Waals surface area contributed by atoms with Gasteiger partial charge in [-0.3, -0.25) is 4.79 Å². The summed E-state index contributed by atoms with van der Waals surface area (Å²) in [6.07, 6.45) is 2.62. The first kappa shape index (κ1) is 17.1. The molecule has 0 bridgehead atoms. The Balaban J connectivity index is 1.72. The molecule has 1 aromatic heterocycles. The molecule has 0 radical (unpaired) electrons. The predicted molar refractivity (Wildman–Crippen MR) is 92.2 cm³/mol. The molecule has 3 rings (SSSR count). The van der Waals surface area contributed by atoms with Crippen molar-refractivity contribution in [2.45, 2.75) is 32.7 Å². The van der Waals surface area contributed by atoms with Crippen molar-refractivity contribution in [1.29, 1.82) is 0 Å². The van der Waals surface area contributed by atoms with Crippen LogP contribution in [0.4, 0.5) is 8.78 Å². The SMILES string of the molecule is CCc1ccc2c(CC(=O)NC(C)c3ccc(F)cc3F)coc2c1. The molecule has 1 amide bonds. The number of nitrogens with one attached hydrogen (secondary N) is 1. The number of benzene rings is 2. The number of amides is 1. The van der Waals surface area contributed by atoms with Crippen LogP contribution >= 0.6 is 0 Å². The average molecular weight is 343 g/mol. The minimum atomic E-state index is -0.673. The Bertz CT molecular complexity index is 917. The summed E-state index contributed by atoms with van der Waals surface area (Å²) in [7, 11) is 0. The van der Waals surface area contributed by atoms with Gasteiger partial charge in [0, 0.05) is 22.6 Å². The molecule has 2 aromatic carbocycles. The van der Waals surface area contributed by atoms with Crippen LogP contribution in [0.2, 0.25) is 0 Å². The summed E-state index contributed by atoms with van der Waals surface area (Å²) < 4.78 is 32.3. The van der Waals surface area contributed by atoms with Gasteiger partial charge in [0.2, 0.25) is 5.91 Å². The maximum Gasteiger partial charge on any atom is 0.225 e. The summed E-state index contributed by atoms with van der Waals surface area (Å²) in [6.45, 7) is 3.73. The highest BCUT2D eigenvalue weighted by atomic mass is 19.1. The molecule has 3 aromatic rings. The second-order valence-corrected chi connectivity index (χ2v) is 6.08. The van der Waals surface area contributed by atoms with Crippen LogP contribution in [0, 0.1) is 11.6 Å². The molecule has 0 saturated carbocycles. The van der Waals surface area contributed by atoms with E-state index in [-0.39, 0.29) is 17.9 Å². The molecule has 1 atom stereocenters. The van der Waals surface area contributed by atoms with Crippen LogP contribution in [0.3, 0.4) is 0 Å². The van der Waals surface area contributed by atoms with E-state index >= 15 is 0 Å². The molecule has 0 aliphatic heterocycles. The van der Waals surface area contributed by atoms with Gasteiger partial charge in [-0.2, -0.15) is 0 Å². The van der Waals surface area contributed by atoms with Gasteiger partial charge in [0.05, 0.1) is 18.7 Å². The Kier molecular flexibility index (Phi) is 4.83. The Hall–Kier alpha value is -2.69. The summed E-state index contributed by atoms with van der Waals surface area (Å²) in [4.78, 5) is 12.3. The molecule has 25 heavy (non-hydrogen) atoms. The molecule has 0 spiro atoms. The number of carbonyl (C=O) groups is 1. The average Bonchev–Trinajstić information content (AvgIpc) is 2.96. The standard InChI is InChI=1S/C20H19F2NO2/c1-3-13-4-6-17-14(11-25-19(17)8-13)9-20(24)23-12(2)16-7-5-15(21)10-18(16)22/h4-8,10-12H,3,9H2,1-2H3,(H,23,24). The third-order valence-corrected chi connectivity index (χ3v) is 4.29. The van der Waals surface area contributed by atoms with Gasteiger partial charge in [-0.15, -0.1) is 0 Å². The van der Waals surface area contributed by atoms with Gasteiger partial charge < -0.3 is 9.73 Å². The molecule has 5 heteroatoms. The topological polar surface area (TPSA) is 42.2 Å². The quantitative estimate of drug-likeness (QED) is 0.730. The molecule has 1 N–H and O–H groups in total. The highest BCUT2D eigenvalue weighted by molar-refractivity contribution is 5.88. The fraction of sp³-hybridized carbons (Fsp3) is 0.250. The van der Waals surface area contributed by atoms with E-state index in [1.54, 1.807) is 13.2 Å². The van der Waals surface area contributed by atoms with Crippen molar-refractivity contribution in [2.75, 3.05) is 0 Å². The maximum absolute atomic E-state index is 13.8. The van der Waals surface area contributed by atoms with Gasteiger partial charge in [-0.05, 0) is 31.0 Å². The minimum absolute atomic E-state index is 0.131. The highest BCUT2D eigenvalue weighted by Gasteiger charge is 2.16. The van der Waals surface area contributed by atoms with Crippen molar-refractivity contribution < 1.29 is 18.0 Å². The first-order valence-corrected chi connectivity index (χ1v) is 8.21. The number of halogens is 2. The van der Waals surface area contributed by atoms with Crippen molar-refractivity contribution in [2.24, 2.45) is 0 Å². The van der Waals surface area contributed by atoms with E-state index in [0.717, 1.165) is 29.0 Å². The number of aryl methyl sites for hydroxylation is 1. The van der Waals surface area contributed by atoms with Gasteiger partial charge in [0.1, 0.15) is 17.2 Å². The van der Waals surface area contributed by atoms with Gasteiger partial charge in [-0.1, -0.05) is 25.1 Å². The first-order valence-electron chi connectivity index (χ1n) is 8.21. The van der Waals surface area contributed by atoms with Gasteiger partial charge in [0.25, 0.3) is 0 Å². The zero-order chi connectivity index (χ0) is 18.0. The summed E-state index contributed by atoms with van der Waals surface area (Å²) >= 11 is 0. The van der Waals surface area contributed by atoms with Crippen molar-refractivity contribution in [3.05, 3.63) is 71.0 Å². The zero-order valence-electron chi connectivity index (χ0n) is 14.1. The number of rotatable bonds is 5. The Morgan fingerprint density at radius 2 is 2.00 bits per heavy atom. The summed E-state index contributed by atoms with van der Waals surface area (Å²) in [5.74, 6) is -1.57. The largest absolute Gasteiger partial charge is 0.464 e. The molecule has 0 saturated heterocycles. The minimum Gasteiger partial charge on any atom is -0.464 e. The van der Waals surface area contributed by atoms with Gasteiger partial charge >= 0.3 is 0 Å². The lowest BCUT2D eigenvalue weighted by molar-refractivity contribution is -0.121. The van der Waals surface area contributed by atoms with E-state index in [0.29, 0.717) is 0 Å². The third kappa shape index (κ3) is 3.71. The lowest BCUT2D eigenvalue weighted by atomic mass is 10.1. The number of furan rings is 1. The third-order valence-electron chi connectivity index (χ3n) is 4.29. The normalized spacial score (nSPS) is 12.3. The van der Waals surface area contributed by atoms with Crippen LogP contribution in [0.1, 0.15) is 36.6 Å². The van der Waals surface area contributed by atoms with E-state index in [1.807, 2.05) is 18.2 Å². The van der Waals surface area contributed by atoms with Crippen LogP contribution in [0.15, 0.2) is 47.1 Å². The van der Waals surface area contributed by atoms with Crippen LogP contribution in [-0.4, -0.2) is 5.91 Å². The number of hydrogen-bond donors (Lipinski definition) is 1. The molecule has 3 nitrogen and oxygen atoms in total. The van der Waals surface area contributed by atoms with Crippen molar-refractivity contribution >= 4 is 16.9 Å². The number of hydrogen-bond acceptors (Lipinski definition) is 2. The molecule has 0 aliphatic rings. The maximum atomic E-state index is 13.8. The lowest BCUT2D eigenvalue weighted by Crippen LogP contribution is -2.28. The molecular formula is C20H19F2NO2. The summed E-state index contributed by atoms with van der Waals surface area (Å²) in [5, 5.41) is 3.64. The molecule has 1 heterocycles. The van der Waals surface area contributed by atoms with Crippen LogP contribution in [0.5, 0.6) is 0 Å². The van der Waals surface area contributed by atoms with Gasteiger partial charge in [-0.25, -0.2) is 8.78 Å². The smallest absolute Gasteiger partial charge is 0.225 e. The first-order chi connectivity index (χ1) is 12.0. The Morgan fingerprint density at radius 3 is 2.72 bits per heavy atom. The number of carbonyl (C=O) groups excluding carboxylic acids is 1. The predicted octanol–water partition coefficient (Wildman–Crippen LogP) is 4.69. The van der Waals surface area contributed by atoms with Crippen molar-refractivity contribution in [3.8, 4) is 0 Å². The van der Waals surface area contributed by atoms with Crippen LogP contribution < -0.4 is 5.32 Å². The van der Waals surface area contributed by atoms with Crippen molar-refractivity contribution in [3.63, 3.8) is 0 Å². The molecule has 130 valence electrons. The van der Waals surface area contributed by atoms with Crippen molar-refractivity contribution in [1.82, 2.24) is 5.32 Å². The summed E-state index contributed by atoms with van der Waals surface area (Å²) in [6, 6.07) is 8.70.